The van der Waals surface area contributed by atoms with Crippen LogP contribution in [0.1, 0.15) is 12.0 Å². The summed E-state index contributed by atoms with van der Waals surface area (Å²) in [6.07, 6.45) is 1.70. The Morgan fingerprint density at radius 1 is 0.950 bits per heavy atom. The van der Waals surface area contributed by atoms with Crippen molar-refractivity contribution in [2.45, 2.75) is 12.2 Å². The Morgan fingerprint density at radius 2 is 1.68 bits per heavy atom. The number of ether oxygens (including phenoxy) is 4. The van der Waals surface area contributed by atoms with Gasteiger partial charge in [-0.3, -0.25) is 4.98 Å². The van der Waals surface area contributed by atoms with Crippen LogP contribution >= 0.6 is 11.6 Å². The fourth-order valence-electron chi connectivity index (χ4n) is 3.80. The third-order valence-corrected chi connectivity index (χ3v) is 7.15. The number of methoxy groups -OCH3 is 3. The molecule has 0 spiro atoms. The molecular formula is C28H27ClFN3O6S. The molecule has 0 unspecified atom stereocenters. The van der Waals surface area contributed by atoms with Gasteiger partial charge in [0.1, 0.15) is 11.6 Å². The van der Waals surface area contributed by atoms with Crippen LogP contribution < -0.4 is 19.5 Å². The number of sulfonamides is 1. The minimum atomic E-state index is -3.90. The number of nitrogens with one attached hydrogen (secondary N) is 1. The van der Waals surface area contributed by atoms with Crippen molar-refractivity contribution in [3.63, 3.8) is 0 Å². The lowest BCUT2D eigenvalue weighted by atomic mass is 10.2. The Labute approximate surface area is 236 Å². The molecule has 0 aliphatic carbocycles. The second-order valence-electron chi connectivity index (χ2n) is 8.54. The van der Waals surface area contributed by atoms with Gasteiger partial charge < -0.3 is 24.3 Å². The summed E-state index contributed by atoms with van der Waals surface area (Å²) in [6.45, 7) is 0.204. The molecule has 0 bridgehead atoms. The minimum Gasteiger partial charge on any atom is -0.493 e. The molecule has 12 heteroatoms. The number of pyridine rings is 1. The van der Waals surface area contributed by atoms with Gasteiger partial charge in [0, 0.05) is 48.0 Å². The molecule has 40 heavy (non-hydrogen) atoms. The summed E-state index contributed by atoms with van der Waals surface area (Å²) in [4.78, 5) is 4.32. The molecule has 3 aromatic carbocycles. The van der Waals surface area contributed by atoms with Gasteiger partial charge in [-0.2, -0.15) is 0 Å². The number of hydrogen-bond acceptors (Lipinski definition) is 7. The molecule has 4 aromatic rings. The molecule has 1 heterocycles. The second-order valence-corrected chi connectivity index (χ2v) is 10.6. The molecule has 0 atom stereocenters. The molecule has 0 saturated carbocycles. The third kappa shape index (κ3) is 7.38. The molecule has 0 radical (unpaired) electrons. The van der Waals surface area contributed by atoms with Gasteiger partial charge in [-0.15, -0.1) is 4.40 Å². The fraction of sp³-hybridized carbons (Fsp3) is 0.214. The standard InChI is InChI=1S/C28H27ClFN3O6S/c1-36-13-11-28(33-40(34,35)17-18-4-6-19(29)7-5-18)32-20-8-9-25(22(30)14-20)39-24-10-12-31-23-16-27(38-3)26(37-2)15-21(23)24/h4-10,12,14-16H,11,13,17H2,1-3H3,(H,32,33). The van der Waals surface area contributed by atoms with E-state index in [-0.39, 0.29) is 36.1 Å². The number of benzene rings is 3. The average molecular weight is 588 g/mol. The molecule has 210 valence electrons. The van der Waals surface area contributed by atoms with Gasteiger partial charge in [0.2, 0.25) is 0 Å². The van der Waals surface area contributed by atoms with Crippen molar-refractivity contribution >= 4 is 44.1 Å². The van der Waals surface area contributed by atoms with Crippen LogP contribution in [0.3, 0.4) is 0 Å². The summed E-state index contributed by atoms with van der Waals surface area (Å²) in [7, 11) is 0.618. The van der Waals surface area contributed by atoms with Crippen molar-refractivity contribution in [1.29, 1.82) is 0 Å². The van der Waals surface area contributed by atoms with E-state index in [2.05, 4.69) is 14.7 Å². The summed E-state index contributed by atoms with van der Waals surface area (Å²) < 4.78 is 66.2. The van der Waals surface area contributed by atoms with E-state index < -0.39 is 15.8 Å². The monoisotopic (exact) mass is 587 g/mol. The van der Waals surface area contributed by atoms with Crippen molar-refractivity contribution in [2.75, 3.05) is 33.3 Å². The van der Waals surface area contributed by atoms with Crippen LogP contribution in [0.5, 0.6) is 23.0 Å². The first-order valence-electron chi connectivity index (χ1n) is 12.0. The van der Waals surface area contributed by atoms with E-state index in [9.17, 15) is 8.42 Å². The SMILES string of the molecule is COCCC(=NS(=O)(=O)Cc1ccc(Cl)cc1)Nc1ccc(Oc2ccnc3cc(OC)c(OC)cc23)c(F)c1. The van der Waals surface area contributed by atoms with Crippen molar-refractivity contribution in [3.8, 4) is 23.0 Å². The van der Waals surface area contributed by atoms with Gasteiger partial charge in [-0.25, -0.2) is 12.8 Å². The summed E-state index contributed by atoms with van der Waals surface area (Å²) in [5, 5.41) is 3.99. The quantitative estimate of drug-likeness (QED) is 0.163. The Hall–Kier alpha value is -3.93. The zero-order valence-corrected chi connectivity index (χ0v) is 23.6. The van der Waals surface area contributed by atoms with E-state index in [0.29, 0.717) is 38.7 Å². The maximum absolute atomic E-state index is 15.1. The van der Waals surface area contributed by atoms with E-state index in [4.69, 9.17) is 30.5 Å². The fourth-order valence-corrected chi connectivity index (χ4v) is 5.08. The van der Waals surface area contributed by atoms with Crippen LogP contribution in [0.4, 0.5) is 10.1 Å². The predicted molar refractivity (Wildman–Crippen MR) is 153 cm³/mol. The highest BCUT2D eigenvalue weighted by atomic mass is 35.5. The van der Waals surface area contributed by atoms with E-state index in [1.54, 1.807) is 54.7 Å². The lowest BCUT2D eigenvalue weighted by Gasteiger charge is -2.14. The van der Waals surface area contributed by atoms with Crippen molar-refractivity contribution in [2.24, 2.45) is 4.40 Å². The summed E-state index contributed by atoms with van der Waals surface area (Å²) in [5.41, 5.74) is 1.39. The highest BCUT2D eigenvalue weighted by Gasteiger charge is 2.16. The Morgan fingerprint density at radius 3 is 2.35 bits per heavy atom. The molecule has 0 amide bonds. The maximum atomic E-state index is 15.1. The highest BCUT2D eigenvalue weighted by Crippen LogP contribution is 2.37. The van der Waals surface area contributed by atoms with E-state index in [1.807, 2.05) is 0 Å². The number of fused-ring (bicyclic) bond motifs is 1. The van der Waals surface area contributed by atoms with Gasteiger partial charge in [-0.05, 0) is 42.0 Å². The van der Waals surface area contributed by atoms with Gasteiger partial charge >= 0.3 is 0 Å². The van der Waals surface area contributed by atoms with Crippen LogP contribution in [-0.2, 0) is 20.5 Å². The lowest BCUT2D eigenvalue weighted by molar-refractivity contribution is 0.207. The van der Waals surface area contributed by atoms with Gasteiger partial charge in [-0.1, -0.05) is 23.7 Å². The number of rotatable bonds is 11. The number of aromatic nitrogens is 1. The molecule has 0 fully saturated rings. The average Bonchev–Trinajstić information content (AvgIpc) is 2.93. The maximum Gasteiger partial charge on any atom is 0.258 e. The summed E-state index contributed by atoms with van der Waals surface area (Å²) in [6, 6.07) is 15.6. The van der Waals surface area contributed by atoms with Gasteiger partial charge in [0.05, 0.1) is 32.1 Å². The van der Waals surface area contributed by atoms with E-state index in [1.165, 1.54) is 33.5 Å². The molecule has 9 nitrogen and oxygen atoms in total. The van der Waals surface area contributed by atoms with Crippen LogP contribution in [0.25, 0.3) is 10.9 Å². The number of amidine groups is 1. The Kier molecular flexibility index (Phi) is 9.41. The summed E-state index contributed by atoms with van der Waals surface area (Å²) >= 11 is 5.88. The Balaban J connectivity index is 1.56. The van der Waals surface area contributed by atoms with E-state index >= 15 is 4.39 Å². The molecule has 1 N–H and O–H groups in total. The first-order chi connectivity index (χ1) is 19.2. The molecular weight excluding hydrogens is 561 g/mol. The highest BCUT2D eigenvalue weighted by molar-refractivity contribution is 7.89. The van der Waals surface area contributed by atoms with Gasteiger partial charge in [0.15, 0.2) is 23.1 Å². The smallest absolute Gasteiger partial charge is 0.258 e. The molecule has 0 aliphatic heterocycles. The third-order valence-electron chi connectivity index (χ3n) is 5.70. The first-order valence-corrected chi connectivity index (χ1v) is 14.0. The number of halogens is 2. The van der Waals surface area contributed by atoms with Gasteiger partial charge in [0.25, 0.3) is 10.0 Å². The van der Waals surface area contributed by atoms with Crippen LogP contribution in [-0.4, -0.2) is 47.2 Å². The van der Waals surface area contributed by atoms with Crippen molar-refractivity contribution in [1.82, 2.24) is 4.98 Å². The Bertz CT molecular complexity index is 1630. The van der Waals surface area contributed by atoms with E-state index in [0.717, 1.165) is 0 Å². The normalized spacial score (nSPS) is 11.9. The number of nitrogens with zero attached hydrogens (tertiary/aromatic N) is 2. The second kappa shape index (κ2) is 12.9. The zero-order chi connectivity index (χ0) is 28.7. The van der Waals surface area contributed by atoms with Crippen LogP contribution in [0.15, 0.2) is 71.3 Å². The predicted octanol–water partition coefficient (Wildman–Crippen LogP) is 6.21. The molecule has 1 aromatic heterocycles. The van der Waals surface area contributed by atoms with Crippen LogP contribution in [0, 0.1) is 5.82 Å². The largest absolute Gasteiger partial charge is 0.493 e. The lowest BCUT2D eigenvalue weighted by Crippen LogP contribution is -2.17. The first kappa shape index (κ1) is 29.1. The molecule has 0 saturated heterocycles. The number of anilines is 1. The molecule has 4 rings (SSSR count). The summed E-state index contributed by atoms with van der Waals surface area (Å²) in [5.74, 6) is 0.402. The minimum absolute atomic E-state index is 0.0430. The van der Waals surface area contributed by atoms with Crippen molar-refractivity contribution < 1.29 is 31.8 Å². The van der Waals surface area contributed by atoms with Crippen molar-refractivity contribution in [3.05, 3.63) is 83.3 Å². The topological polar surface area (TPSA) is 108 Å². The molecule has 0 aliphatic rings. The van der Waals surface area contributed by atoms with Crippen LogP contribution in [0.2, 0.25) is 5.02 Å². The number of hydrogen-bond donors (Lipinski definition) is 1. The zero-order valence-electron chi connectivity index (χ0n) is 22.0.